The van der Waals surface area contributed by atoms with E-state index in [2.05, 4.69) is 23.3 Å². The van der Waals surface area contributed by atoms with Crippen molar-refractivity contribution >= 4 is 0 Å². The molecule has 1 rings (SSSR count). The van der Waals surface area contributed by atoms with Crippen molar-refractivity contribution in [2.75, 3.05) is 13.1 Å². The highest BCUT2D eigenvalue weighted by atomic mass is 14.8. The molecule has 2 heteroatoms. The minimum atomic E-state index is 1.07. The number of hydrogen-bond donors (Lipinski definition) is 1. The maximum atomic E-state index is 4.13. The van der Waals surface area contributed by atoms with E-state index in [1.54, 1.807) is 0 Å². The van der Waals surface area contributed by atoms with Crippen LogP contribution in [0.4, 0.5) is 0 Å². The molecule has 1 heterocycles. The number of hydrogen-bond acceptors (Lipinski definition) is 2. The predicted octanol–water partition coefficient (Wildman–Crippen LogP) is 4.35. The van der Waals surface area contributed by atoms with Gasteiger partial charge in [0.1, 0.15) is 0 Å². The molecule has 0 unspecified atom stereocenters. The van der Waals surface area contributed by atoms with Crippen molar-refractivity contribution in [1.29, 1.82) is 0 Å². The number of unbranched alkanes of at least 4 members (excludes halogenated alkanes) is 7. The third-order valence-electron chi connectivity index (χ3n) is 3.52. The fourth-order valence-electron chi connectivity index (χ4n) is 2.29. The summed E-state index contributed by atoms with van der Waals surface area (Å²) in [5, 5.41) is 3.52. The molecule has 108 valence electrons. The molecule has 0 aliphatic heterocycles. The molecule has 0 atom stereocenters. The van der Waals surface area contributed by atoms with Gasteiger partial charge in [-0.1, -0.05) is 57.9 Å². The average Bonchev–Trinajstić information content (AvgIpc) is 2.46. The minimum Gasteiger partial charge on any atom is -0.316 e. The Hall–Kier alpha value is -0.890. The van der Waals surface area contributed by atoms with Gasteiger partial charge >= 0.3 is 0 Å². The van der Waals surface area contributed by atoms with Crippen molar-refractivity contribution in [1.82, 2.24) is 10.3 Å². The van der Waals surface area contributed by atoms with Gasteiger partial charge in [-0.05, 0) is 37.6 Å². The fourth-order valence-corrected chi connectivity index (χ4v) is 2.29. The molecule has 0 fully saturated rings. The number of nitrogens with one attached hydrogen (secondary N) is 1. The normalized spacial score (nSPS) is 10.8. The van der Waals surface area contributed by atoms with Crippen molar-refractivity contribution in [3.8, 4) is 0 Å². The summed E-state index contributed by atoms with van der Waals surface area (Å²) in [7, 11) is 0. The van der Waals surface area contributed by atoms with Gasteiger partial charge in [0.25, 0.3) is 0 Å². The zero-order valence-corrected chi connectivity index (χ0v) is 12.5. The highest BCUT2D eigenvalue weighted by Crippen LogP contribution is 2.07. The number of nitrogens with zero attached hydrogens (tertiary/aromatic N) is 1. The van der Waals surface area contributed by atoms with Crippen LogP contribution in [0.5, 0.6) is 0 Å². The predicted molar refractivity (Wildman–Crippen MR) is 83.4 cm³/mol. The Morgan fingerprint density at radius 2 is 1.68 bits per heavy atom. The molecule has 1 aromatic heterocycles. The van der Waals surface area contributed by atoms with Crippen LogP contribution in [0.25, 0.3) is 0 Å². The summed E-state index contributed by atoms with van der Waals surface area (Å²) >= 11 is 0. The van der Waals surface area contributed by atoms with Gasteiger partial charge < -0.3 is 5.32 Å². The molecule has 0 radical (unpaired) electrons. The lowest BCUT2D eigenvalue weighted by atomic mass is 10.1. The Balaban J connectivity index is 1.79. The van der Waals surface area contributed by atoms with E-state index < -0.39 is 0 Å². The van der Waals surface area contributed by atoms with Crippen molar-refractivity contribution in [3.05, 3.63) is 30.1 Å². The summed E-state index contributed by atoms with van der Waals surface area (Å²) in [6.45, 7) is 4.51. The summed E-state index contributed by atoms with van der Waals surface area (Å²) < 4.78 is 0. The van der Waals surface area contributed by atoms with Crippen LogP contribution >= 0.6 is 0 Å². The second-order valence-electron chi connectivity index (χ2n) is 5.34. The molecule has 2 nitrogen and oxygen atoms in total. The SMILES string of the molecule is CCCCCCCCCCNCCc1cccnc1. The summed E-state index contributed by atoms with van der Waals surface area (Å²) in [5.41, 5.74) is 1.32. The van der Waals surface area contributed by atoms with Gasteiger partial charge in [0, 0.05) is 12.4 Å². The first-order valence-electron chi connectivity index (χ1n) is 8.03. The van der Waals surface area contributed by atoms with Crippen LogP contribution in [0.15, 0.2) is 24.5 Å². The van der Waals surface area contributed by atoms with Crippen LogP contribution in [0, 0.1) is 0 Å². The largest absolute Gasteiger partial charge is 0.316 e. The molecule has 0 spiro atoms. The smallest absolute Gasteiger partial charge is 0.0300 e. The standard InChI is InChI=1S/C17H30N2/c1-2-3-4-5-6-7-8-9-13-18-15-12-17-11-10-14-19-16-17/h10-11,14,16,18H,2-9,12-13,15H2,1H3. The van der Waals surface area contributed by atoms with E-state index in [0.717, 1.165) is 19.5 Å². The van der Waals surface area contributed by atoms with E-state index >= 15 is 0 Å². The molecule has 0 saturated carbocycles. The van der Waals surface area contributed by atoms with Crippen LogP contribution in [-0.4, -0.2) is 18.1 Å². The minimum absolute atomic E-state index is 1.07. The summed E-state index contributed by atoms with van der Waals surface area (Å²) in [6, 6.07) is 4.15. The molecule has 0 aliphatic carbocycles. The molecule has 19 heavy (non-hydrogen) atoms. The number of aromatic nitrogens is 1. The van der Waals surface area contributed by atoms with E-state index in [1.165, 1.54) is 56.9 Å². The molecule has 0 aromatic carbocycles. The van der Waals surface area contributed by atoms with E-state index in [1.807, 2.05) is 18.5 Å². The second-order valence-corrected chi connectivity index (χ2v) is 5.34. The van der Waals surface area contributed by atoms with Crippen LogP contribution in [0.2, 0.25) is 0 Å². The zero-order valence-electron chi connectivity index (χ0n) is 12.5. The Morgan fingerprint density at radius 1 is 0.947 bits per heavy atom. The fraction of sp³-hybridized carbons (Fsp3) is 0.706. The van der Waals surface area contributed by atoms with Crippen molar-refractivity contribution in [2.24, 2.45) is 0 Å². The summed E-state index contributed by atoms with van der Waals surface area (Å²) in [5.74, 6) is 0. The van der Waals surface area contributed by atoms with Crippen LogP contribution in [0.3, 0.4) is 0 Å². The Morgan fingerprint density at radius 3 is 2.37 bits per heavy atom. The highest BCUT2D eigenvalue weighted by molar-refractivity contribution is 5.08. The van der Waals surface area contributed by atoms with Crippen molar-refractivity contribution in [3.63, 3.8) is 0 Å². The summed E-state index contributed by atoms with van der Waals surface area (Å²) in [6.07, 6.45) is 16.0. The van der Waals surface area contributed by atoms with Gasteiger partial charge in [-0.25, -0.2) is 0 Å². The molecule has 0 bridgehead atoms. The van der Waals surface area contributed by atoms with E-state index in [4.69, 9.17) is 0 Å². The van der Waals surface area contributed by atoms with Crippen LogP contribution < -0.4 is 5.32 Å². The Bertz CT molecular complexity index is 285. The third kappa shape index (κ3) is 9.66. The zero-order chi connectivity index (χ0) is 13.6. The lowest BCUT2D eigenvalue weighted by Crippen LogP contribution is -2.18. The molecule has 0 amide bonds. The number of rotatable bonds is 12. The molecule has 1 N–H and O–H groups in total. The third-order valence-corrected chi connectivity index (χ3v) is 3.52. The maximum absolute atomic E-state index is 4.13. The van der Waals surface area contributed by atoms with Gasteiger partial charge in [0.2, 0.25) is 0 Å². The first-order valence-corrected chi connectivity index (χ1v) is 8.03. The molecular formula is C17H30N2. The molecule has 1 aromatic rings. The molecular weight excluding hydrogens is 232 g/mol. The quantitative estimate of drug-likeness (QED) is 0.566. The van der Waals surface area contributed by atoms with Crippen molar-refractivity contribution in [2.45, 2.75) is 64.7 Å². The van der Waals surface area contributed by atoms with Gasteiger partial charge in [0.15, 0.2) is 0 Å². The van der Waals surface area contributed by atoms with Gasteiger partial charge in [0.05, 0.1) is 0 Å². The highest BCUT2D eigenvalue weighted by Gasteiger charge is 1.93. The van der Waals surface area contributed by atoms with Gasteiger partial charge in [-0.3, -0.25) is 4.98 Å². The van der Waals surface area contributed by atoms with E-state index in [0.29, 0.717) is 0 Å². The molecule has 0 saturated heterocycles. The maximum Gasteiger partial charge on any atom is 0.0300 e. The average molecular weight is 262 g/mol. The topological polar surface area (TPSA) is 24.9 Å². The van der Waals surface area contributed by atoms with Crippen LogP contribution in [0.1, 0.15) is 63.9 Å². The lowest BCUT2D eigenvalue weighted by Gasteiger charge is -2.05. The Kier molecular flexibility index (Phi) is 10.3. The van der Waals surface area contributed by atoms with Gasteiger partial charge in [-0.15, -0.1) is 0 Å². The Labute approximate surface area is 119 Å². The second kappa shape index (κ2) is 12.2. The lowest BCUT2D eigenvalue weighted by molar-refractivity contribution is 0.556. The molecule has 0 aliphatic rings. The van der Waals surface area contributed by atoms with Gasteiger partial charge in [-0.2, -0.15) is 0 Å². The van der Waals surface area contributed by atoms with E-state index in [9.17, 15) is 0 Å². The summed E-state index contributed by atoms with van der Waals surface area (Å²) in [4.78, 5) is 4.13. The van der Waals surface area contributed by atoms with Crippen LogP contribution in [-0.2, 0) is 6.42 Å². The van der Waals surface area contributed by atoms with E-state index in [-0.39, 0.29) is 0 Å². The van der Waals surface area contributed by atoms with Crippen molar-refractivity contribution < 1.29 is 0 Å². The number of pyridine rings is 1. The first-order chi connectivity index (χ1) is 9.43. The first kappa shape index (κ1) is 16.2. The monoisotopic (exact) mass is 262 g/mol.